The summed E-state index contributed by atoms with van der Waals surface area (Å²) in [6.07, 6.45) is 1.55. The van der Waals surface area contributed by atoms with E-state index in [9.17, 15) is 9.59 Å². The standard InChI is InChI=1S/C27H18ClNO5/c1-16-24(30)20-8-5-9-21(26(20)34-25(16)18-6-3-2-4-7-18)27(31)32-15-23-29-14-22(33-23)17-10-12-19(28)13-11-17/h2-14H,15H2,1H3. The minimum Gasteiger partial charge on any atom is -0.455 e. The molecule has 0 bridgehead atoms. The van der Waals surface area contributed by atoms with E-state index >= 15 is 0 Å². The lowest BCUT2D eigenvalue weighted by molar-refractivity contribution is 0.0440. The van der Waals surface area contributed by atoms with Crippen molar-refractivity contribution < 1.29 is 18.4 Å². The van der Waals surface area contributed by atoms with Gasteiger partial charge in [0, 0.05) is 21.7 Å². The van der Waals surface area contributed by atoms with Crippen LogP contribution in [0.3, 0.4) is 0 Å². The van der Waals surface area contributed by atoms with Crippen LogP contribution in [-0.4, -0.2) is 11.0 Å². The Morgan fingerprint density at radius 1 is 0.941 bits per heavy atom. The van der Waals surface area contributed by atoms with Crippen LogP contribution in [0.25, 0.3) is 33.6 Å². The Balaban J connectivity index is 1.43. The molecule has 6 nitrogen and oxygen atoms in total. The summed E-state index contributed by atoms with van der Waals surface area (Å²) in [4.78, 5) is 30.1. The largest absolute Gasteiger partial charge is 0.455 e. The van der Waals surface area contributed by atoms with Gasteiger partial charge in [0.1, 0.15) is 11.3 Å². The Kier molecular flexibility index (Phi) is 5.74. The number of nitrogens with zero attached hydrogens (tertiary/aromatic N) is 1. The third-order valence-corrected chi connectivity index (χ3v) is 5.66. The Morgan fingerprint density at radius 3 is 2.47 bits per heavy atom. The van der Waals surface area contributed by atoms with Crippen LogP contribution in [0.2, 0.25) is 5.02 Å². The third kappa shape index (κ3) is 4.11. The van der Waals surface area contributed by atoms with Gasteiger partial charge in [-0.25, -0.2) is 9.78 Å². The summed E-state index contributed by atoms with van der Waals surface area (Å²) < 4.78 is 17.2. The molecule has 0 atom stereocenters. The second kappa shape index (κ2) is 9.00. The molecule has 0 amide bonds. The van der Waals surface area contributed by atoms with Crippen molar-refractivity contribution in [2.75, 3.05) is 0 Å². The first kappa shape index (κ1) is 21.7. The third-order valence-electron chi connectivity index (χ3n) is 5.41. The van der Waals surface area contributed by atoms with E-state index in [1.165, 1.54) is 0 Å². The van der Waals surface area contributed by atoms with E-state index in [-0.39, 0.29) is 29.1 Å². The molecule has 0 unspecified atom stereocenters. The molecule has 0 aliphatic rings. The number of aromatic nitrogens is 1. The number of fused-ring (bicyclic) bond motifs is 1. The van der Waals surface area contributed by atoms with Crippen LogP contribution in [0.15, 0.2) is 92.6 Å². The van der Waals surface area contributed by atoms with Crippen molar-refractivity contribution in [3.8, 4) is 22.6 Å². The van der Waals surface area contributed by atoms with Crippen molar-refractivity contribution in [2.24, 2.45) is 0 Å². The summed E-state index contributed by atoms with van der Waals surface area (Å²) in [5.41, 5.74) is 2.15. The Morgan fingerprint density at radius 2 is 1.71 bits per heavy atom. The predicted molar refractivity (Wildman–Crippen MR) is 129 cm³/mol. The SMILES string of the molecule is Cc1c(-c2ccccc2)oc2c(C(=O)OCc3ncc(-c4ccc(Cl)cc4)o3)cccc2c1=O. The molecule has 0 fully saturated rings. The second-order valence-electron chi connectivity index (χ2n) is 7.63. The zero-order chi connectivity index (χ0) is 23.7. The molecule has 5 rings (SSSR count). The van der Waals surface area contributed by atoms with Gasteiger partial charge in [-0.2, -0.15) is 0 Å². The number of hydrogen-bond acceptors (Lipinski definition) is 6. The normalized spacial score (nSPS) is 11.0. The monoisotopic (exact) mass is 471 g/mol. The van der Waals surface area contributed by atoms with Crippen molar-refractivity contribution >= 4 is 28.5 Å². The van der Waals surface area contributed by atoms with Gasteiger partial charge in [0.2, 0.25) is 5.89 Å². The summed E-state index contributed by atoms with van der Waals surface area (Å²) in [5.74, 6) is 0.532. The van der Waals surface area contributed by atoms with Crippen LogP contribution in [-0.2, 0) is 11.3 Å². The van der Waals surface area contributed by atoms with Crippen molar-refractivity contribution in [2.45, 2.75) is 13.5 Å². The Bertz CT molecular complexity index is 1550. The molecule has 0 spiro atoms. The first-order valence-corrected chi connectivity index (χ1v) is 10.9. The molecule has 168 valence electrons. The molecule has 5 aromatic rings. The van der Waals surface area contributed by atoms with Crippen LogP contribution in [0.1, 0.15) is 21.8 Å². The first-order valence-electron chi connectivity index (χ1n) is 10.5. The van der Waals surface area contributed by atoms with E-state index < -0.39 is 5.97 Å². The number of oxazole rings is 1. The van der Waals surface area contributed by atoms with Gasteiger partial charge in [-0.15, -0.1) is 0 Å². The Hall–Kier alpha value is -4.16. The number of ether oxygens (including phenoxy) is 1. The fraction of sp³-hybridized carbons (Fsp3) is 0.0741. The van der Waals surface area contributed by atoms with Gasteiger partial charge in [-0.1, -0.05) is 48.0 Å². The van der Waals surface area contributed by atoms with Crippen LogP contribution in [0.4, 0.5) is 0 Å². The highest BCUT2D eigenvalue weighted by atomic mass is 35.5. The number of carbonyl (C=O) groups excluding carboxylic acids is 1. The molecule has 0 radical (unpaired) electrons. The smallest absolute Gasteiger partial charge is 0.342 e. The molecule has 0 aliphatic heterocycles. The molecule has 34 heavy (non-hydrogen) atoms. The first-order chi connectivity index (χ1) is 16.5. The number of esters is 1. The average molecular weight is 472 g/mol. The zero-order valence-electron chi connectivity index (χ0n) is 18.1. The fourth-order valence-electron chi connectivity index (χ4n) is 3.66. The number of rotatable bonds is 5. The number of para-hydroxylation sites is 1. The second-order valence-corrected chi connectivity index (χ2v) is 8.07. The van der Waals surface area contributed by atoms with Crippen molar-refractivity contribution in [1.82, 2.24) is 4.98 Å². The van der Waals surface area contributed by atoms with Crippen molar-refractivity contribution in [3.63, 3.8) is 0 Å². The molecular weight excluding hydrogens is 454 g/mol. The lowest BCUT2D eigenvalue weighted by Gasteiger charge is -2.10. The molecule has 7 heteroatoms. The highest BCUT2D eigenvalue weighted by Crippen LogP contribution is 2.28. The van der Waals surface area contributed by atoms with E-state index in [1.807, 2.05) is 42.5 Å². The summed E-state index contributed by atoms with van der Waals surface area (Å²) in [6.45, 7) is 1.53. The molecule has 0 saturated heterocycles. The van der Waals surface area contributed by atoms with Gasteiger partial charge in [0.05, 0.1) is 11.6 Å². The topological polar surface area (TPSA) is 82.5 Å². The van der Waals surface area contributed by atoms with Crippen LogP contribution < -0.4 is 5.43 Å². The molecule has 2 heterocycles. The van der Waals surface area contributed by atoms with Crippen LogP contribution >= 0.6 is 11.6 Å². The molecule has 2 aromatic heterocycles. The summed E-state index contributed by atoms with van der Waals surface area (Å²) >= 11 is 5.92. The summed E-state index contributed by atoms with van der Waals surface area (Å²) in [6, 6.07) is 21.2. The van der Waals surface area contributed by atoms with Crippen LogP contribution in [0.5, 0.6) is 0 Å². The average Bonchev–Trinajstić information content (AvgIpc) is 3.34. The summed E-state index contributed by atoms with van der Waals surface area (Å²) in [5, 5.41) is 0.928. The quantitative estimate of drug-likeness (QED) is 0.274. The van der Waals surface area contributed by atoms with Gasteiger partial charge in [-0.3, -0.25) is 4.79 Å². The molecule has 0 aliphatic carbocycles. The van der Waals surface area contributed by atoms with Crippen molar-refractivity contribution in [3.05, 3.63) is 111 Å². The van der Waals surface area contributed by atoms with E-state index in [0.717, 1.165) is 11.1 Å². The Labute approximate surface area is 199 Å². The highest BCUT2D eigenvalue weighted by Gasteiger charge is 2.20. The van der Waals surface area contributed by atoms with Gasteiger partial charge in [0.15, 0.2) is 23.4 Å². The number of benzene rings is 3. The molecular formula is C27H18ClNO5. The van der Waals surface area contributed by atoms with E-state index in [2.05, 4.69) is 4.98 Å². The molecule has 0 N–H and O–H groups in total. The fourth-order valence-corrected chi connectivity index (χ4v) is 3.79. The number of halogens is 1. The molecule has 3 aromatic carbocycles. The van der Waals surface area contributed by atoms with Gasteiger partial charge in [0.25, 0.3) is 0 Å². The highest BCUT2D eigenvalue weighted by molar-refractivity contribution is 6.30. The maximum absolute atomic E-state index is 13.0. The van der Waals surface area contributed by atoms with E-state index in [1.54, 1.807) is 43.5 Å². The van der Waals surface area contributed by atoms with E-state index in [4.69, 9.17) is 25.2 Å². The van der Waals surface area contributed by atoms with Crippen molar-refractivity contribution in [1.29, 1.82) is 0 Å². The van der Waals surface area contributed by atoms with Gasteiger partial charge in [-0.05, 0) is 43.3 Å². The van der Waals surface area contributed by atoms with Gasteiger partial charge >= 0.3 is 5.97 Å². The predicted octanol–water partition coefficient (Wildman–Crippen LogP) is 6.43. The maximum Gasteiger partial charge on any atom is 0.342 e. The number of carbonyl (C=O) groups is 1. The molecule has 0 saturated carbocycles. The minimum absolute atomic E-state index is 0.149. The lowest BCUT2D eigenvalue weighted by Crippen LogP contribution is -2.11. The van der Waals surface area contributed by atoms with Crippen LogP contribution in [0, 0.1) is 6.92 Å². The van der Waals surface area contributed by atoms with E-state index in [0.29, 0.717) is 27.5 Å². The minimum atomic E-state index is -0.650. The maximum atomic E-state index is 13.0. The zero-order valence-corrected chi connectivity index (χ0v) is 18.8. The van der Waals surface area contributed by atoms with Gasteiger partial charge < -0.3 is 13.6 Å². The number of hydrogen-bond donors (Lipinski definition) is 0. The summed E-state index contributed by atoms with van der Waals surface area (Å²) in [7, 11) is 0. The lowest BCUT2D eigenvalue weighted by atomic mass is 10.0.